The Bertz CT molecular complexity index is 947. The van der Waals surface area contributed by atoms with Crippen molar-refractivity contribution in [2.24, 2.45) is 0 Å². The number of hydrogen-bond acceptors (Lipinski definition) is 2. The Hall–Kier alpha value is -2.60. The quantitative estimate of drug-likeness (QED) is 0.524. The van der Waals surface area contributed by atoms with Crippen LogP contribution in [0.5, 0.6) is 5.75 Å². The van der Waals surface area contributed by atoms with Crippen LogP contribution in [0.15, 0.2) is 91.1 Å². The van der Waals surface area contributed by atoms with E-state index >= 15 is 0 Å². The lowest BCUT2D eigenvalue weighted by molar-refractivity contribution is 0.610. The molecule has 0 aliphatic rings. The number of aromatic nitrogens is 1. The van der Waals surface area contributed by atoms with E-state index < -0.39 is 0 Å². The lowest BCUT2D eigenvalue weighted by Crippen LogP contribution is -2.20. The zero-order chi connectivity index (χ0) is 16.2. The molecule has 0 N–H and O–H groups in total. The summed E-state index contributed by atoms with van der Waals surface area (Å²) >= 11 is -0.287. The van der Waals surface area contributed by atoms with Gasteiger partial charge in [-0.05, 0) is 23.3 Å². The fourth-order valence-electron chi connectivity index (χ4n) is 2.69. The van der Waals surface area contributed by atoms with E-state index in [4.69, 9.17) is 3.79 Å². The SMILES string of the molecule is c1ccc(-c2cc[c]([Al][O]c3cccc4cccnc34)cc2)cc1. The molecule has 0 fully saturated rings. The summed E-state index contributed by atoms with van der Waals surface area (Å²) in [5, 5.41) is 1.11. The van der Waals surface area contributed by atoms with E-state index in [-0.39, 0.29) is 15.6 Å². The highest BCUT2D eigenvalue weighted by Crippen LogP contribution is 2.22. The number of para-hydroxylation sites is 1. The van der Waals surface area contributed by atoms with Gasteiger partial charge in [0, 0.05) is 11.6 Å². The van der Waals surface area contributed by atoms with Crippen LogP contribution in [0.2, 0.25) is 0 Å². The van der Waals surface area contributed by atoms with E-state index in [1.165, 1.54) is 15.6 Å². The number of nitrogens with zero attached hydrogens (tertiary/aromatic N) is 1. The van der Waals surface area contributed by atoms with Crippen LogP contribution in [0, 0.1) is 0 Å². The normalized spacial score (nSPS) is 10.5. The molecule has 113 valence electrons. The van der Waals surface area contributed by atoms with Crippen LogP contribution in [0.4, 0.5) is 0 Å². The Morgan fingerprint density at radius 3 is 2.25 bits per heavy atom. The minimum atomic E-state index is -0.287. The number of fused-ring (bicyclic) bond motifs is 1. The molecule has 0 spiro atoms. The van der Waals surface area contributed by atoms with Crippen molar-refractivity contribution in [3.05, 3.63) is 91.1 Å². The first-order valence-electron chi connectivity index (χ1n) is 7.89. The molecular formula is C21H15AlNO. The third kappa shape index (κ3) is 3.19. The third-order valence-corrected chi connectivity index (χ3v) is 4.96. The van der Waals surface area contributed by atoms with E-state index in [0.29, 0.717) is 0 Å². The second-order valence-electron chi connectivity index (χ2n) is 5.56. The highest BCUT2D eigenvalue weighted by molar-refractivity contribution is 6.47. The van der Waals surface area contributed by atoms with E-state index in [2.05, 4.69) is 65.6 Å². The Labute approximate surface area is 147 Å². The van der Waals surface area contributed by atoms with E-state index in [0.717, 1.165) is 16.7 Å². The maximum Gasteiger partial charge on any atom is 0.570 e. The van der Waals surface area contributed by atoms with Gasteiger partial charge in [-0.2, -0.15) is 0 Å². The molecular weight excluding hydrogens is 309 g/mol. The molecule has 1 aromatic heterocycles. The van der Waals surface area contributed by atoms with Crippen LogP contribution in [-0.4, -0.2) is 20.5 Å². The lowest BCUT2D eigenvalue weighted by Gasteiger charge is -2.09. The van der Waals surface area contributed by atoms with Gasteiger partial charge in [-0.1, -0.05) is 77.2 Å². The molecule has 1 radical (unpaired) electrons. The number of hydrogen-bond donors (Lipinski definition) is 0. The Kier molecular flexibility index (Phi) is 4.29. The van der Waals surface area contributed by atoms with Gasteiger partial charge in [0.1, 0.15) is 11.3 Å². The highest BCUT2D eigenvalue weighted by Gasteiger charge is 2.07. The summed E-state index contributed by atoms with van der Waals surface area (Å²) < 4.78 is 7.30. The maximum atomic E-state index is 6.07. The van der Waals surface area contributed by atoms with E-state index in [1.807, 2.05) is 24.3 Å². The predicted octanol–water partition coefficient (Wildman–Crippen LogP) is 4.23. The number of pyridine rings is 1. The van der Waals surface area contributed by atoms with Gasteiger partial charge in [-0.25, -0.2) is 0 Å². The lowest BCUT2D eigenvalue weighted by atomic mass is 10.1. The Morgan fingerprint density at radius 2 is 1.42 bits per heavy atom. The summed E-state index contributed by atoms with van der Waals surface area (Å²) in [4.78, 5) is 4.44. The summed E-state index contributed by atoms with van der Waals surface area (Å²) in [6.45, 7) is 0. The average Bonchev–Trinajstić information content (AvgIpc) is 2.67. The van der Waals surface area contributed by atoms with Crippen molar-refractivity contribution in [2.75, 3.05) is 0 Å². The molecule has 0 amide bonds. The largest absolute Gasteiger partial charge is 0.643 e. The minimum Gasteiger partial charge on any atom is -0.643 e. The van der Waals surface area contributed by atoms with Gasteiger partial charge < -0.3 is 3.79 Å². The van der Waals surface area contributed by atoms with Gasteiger partial charge in [0.25, 0.3) is 0 Å². The van der Waals surface area contributed by atoms with Gasteiger partial charge in [0.2, 0.25) is 0 Å². The van der Waals surface area contributed by atoms with Crippen molar-refractivity contribution in [3.63, 3.8) is 0 Å². The zero-order valence-electron chi connectivity index (χ0n) is 13.1. The van der Waals surface area contributed by atoms with Crippen LogP contribution in [0.25, 0.3) is 22.0 Å². The first-order valence-corrected chi connectivity index (χ1v) is 8.94. The molecule has 3 aromatic carbocycles. The number of benzene rings is 3. The van der Waals surface area contributed by atoms with Crippen molar-refractivity contribution in [2.45, 2.75) is 0 Å². The van der Waals surface area contributed by atoms with E-state index in [1.54, 1.807) is 6.20 Å². The first kappa shape index (κ1) is 15.0. The van der Waals surface area contributed by atoms with Crippen LogP contribution in [-0.2, 0) is 0 Å². The minimum absolute atomic E-state index is 0.287. The monoisotopic (exact) mass is 324 g/mol. The van der Waals surface area contributed by atoms with Gasteiger partial charge in [0.05, 0.1) is 0 Å². The summed E-state index contributed by atoms with van der Waals surface area (Å²) in [6, 6.07) is 29.1. The maximum absolute atomic E-state index is 6.07. The molecule has 0 unspecified atom stereocenters. The topological polar surface area (TPSA) is 22.1 Å². The molecule has 2 nitrogen and oxygen atoms in total. The van der Waals surface area contributed by atoms with Crippen LogP contribution >= 0.6 is 0 Å². The van der Waals surface area contributed by atoms with Crippen molar-refractivity contribution in [1.29, 1.82) is 0 Å². The molecule has 0 atom stereocenters. The predicted molar refractivity (Wildman–Crippen MR) is 99.6 cm³/mol. The van der Waals surface area contributed by atoms with Gasteiger partial charge in [-0.3, -0.25) is 4.98 Å². The average molecular weight is 324 g/mol. The van der Waals surface area contributed by atoms with Crippen molar-refractivity contribution in [3.8, 4) is 16.9 Å². The first-order chi connectivity index (χ1) is 11.9. The van der Waals surface area contributed by atoms with E-state index in [9.17, 15) is 0 Å². The van der Waals surface area contributed by atoms with Crippen molar-refractivity contribution in [1.82, 2.24) is 4.98 Å². The summed E-state index contributed by atoms with van der Waals surface area (Å²) in [6.07, 6.45) is 1.80. The fourth-order valence-corrected chi connectivity index (χ4v) is 3.49. The van der Waals surface area contributed by atoms with Gasteiger partial charge in [0.15, 0.2) is 0 Å². The molecule has 0 bridgehead atoms. The standard InChI is InChI=1S/C12H9.C9H7NO.Al/c1-3-7-11(8-4-1)12-9-5-2-6-10-12;11-8-5-1-3-7-4-2-6-10-9(7)8;/h1,3-10H;1-6,11H;/q;;+1/p-1. The van der Waals surface area contributed by atoms with Crippen molar-refractivity contribution < 1.29 is 3.79 Å². The smallest absolute Gasteiger partial charge is 0.570 e. The molecule has 0 saturated heterocycles. The molecule has 3 heteroatoms. The fraction of sp³-hybridized carbons (Fsp3) is 0. The van der Waals surface area contributed by atoms with Gasteiger partial charge in [-0.15, -0.1) is 0 Å². The van der Waals surface area contributed by atoms with Crippen molar-refractivity contribution >= 4 is 30.9 Å². The number of rotatable bonds is 4. The summed E-state index contributed by atoms with van der Waals surface area (Å²) in [5.41, 5.74) is 3.39. The Morgan fingerprint density at radius 1 is 0.667 bits per heavy atom. The third-order valence-electron chi connectivity index (χ3n) is 3.94. The molecule has 0 aliphatic carbocycles. The molecule has 4 aromatic rings. The summed E-state index contributed by atoms with van der Waals surface area (Å²) in [7, 11) is 0. The summed E-state index contributed by atoms with van der Waals surface area (Å²) in [5.74, 6) is 0.857. The molecule has 0 aliphatic heterocycles. The Balaban J connectivity index is 1.52. The highest BCUT2D eigenvalue weighted by atomic mass is 27.1. The second-order valence-corrected chi connectivity index (χ2v) is 6.69. The second kappa shape index (κ2) is 6.88. The van der Waals surface area contributed by atoms with Crippen LogP contribution < -0.4 is 8.21 Å². The molecule has 4 rings (SSSR count). The zero-order valence-corrected chi connectivity index (χ0v) is 14.2. The van der Waals surface area contributed by atoms with Crippen LogP contribution in [0.1, 0.15) is 0 Å². The van der Waals surface area contributed by atoms with Gasteiger partial charge >= 0.3 is 15.6 Å². The van der Waals surface area contributed by atoms with Crippen LogP contribution in [0.3, 0.4) is 0 Å². The molecule has 1 heterocycles. The molecule has 24 heavy (non-hydrogen) atoms. The molecule has 0 saturated carbocycles.